The van der Waals surface area contributed by atoms with Crippen LogP contribution in [-0.2, 0) is 14.6 Å². The lowest BCUT2D eigenvalue weighted by molar-refractivity contribution is -0.137. The minimum atomic E-state index is -3.40. The molecule has 0 bridgehead atoms. The Hall–Kier alpha value is -1.89. The van der Waals surface area contributed by atoms with E-state index in [-0.39, 0.29) is 16.9 Å². The van der Waals surface area contributed by atoms with E-state index in [0.29, 0.717) is 12.0 Å². The number of carbonyl (C=O) groups is 2. The van der Waals surface area contributed by atoms with Crippen molar-refractivity contribution in [2.45, 2.75) is 37.6 Å². The molecule has 7 heteroatoms. The second-order valence-corrected chi connectivity index (χ2v) is 6.94. The van der Waals surface area contributed by atoms with E-state index in [0.717, 1.165) is 6.26 Å². The number of benzene rings is 1. The lowest BCUT2D eigenvalue weighted by atomic mass is 10.1. The predicted molar refractivity (Wildman–Crippen MR) is 78.1 cm³/mol. The van der Waals surface area contributed by atoms with Crippen LogP contribution >= 0.6 is 0 Å². The average Bonchev–Trinajstić information content (AvgIpc) is 2.36. The van der Waals surface area contributed by atoms with E-state index >= 15 is 0 Å². The van der Waals surface area contributed by atoms with Crippen LogP contribution in [0.3, 0.4) is 0 Å². The Bertz CT molecular complexity index is 651. The van der Waals surface area contributed by atoms with Crippen LogP contribution in [0.1, 0.15) is 35.7 Å². The summed E-state index contributed by atoms with van der Waals surface area (Å²) in [4.78, 5) is 23.0. The van der Waals surface area contributed by atoms with Gasteiger partial charge in [-0.3, -0.25) is 9.59 Å². The minimum absolute atomic E-state index is 0.0598. The molecular formula is C14H19NO5S. The molecule has 0 saturated heterocycles. The molecule has 116 valence electrons. The van der Waals surface area contributed by atoms with Gasteiger partial charge in [-0.15, -0.1) is 0 Å². The molecule has 0 spiro atoms. The third kappa shape index (κ3) is 4.86. The molecule has 1 rings (SSSR count). The molecule has 0 fully saturated rings. The van der Waals surface area contributed by atoms with E-state index in [4.69, 9.17) is 5.11 Å². The topological polar surface area (TPSA) is 101 Å². The quantitative estimate of drug-likeness (QED) is 0.826. The van der Waals surface area contributed by atoms with Crippen LogP contribution in [0.25, 0.3) is 0 Å². The molecule has 0 aromatic heterocycles. The molecule has 1 aromatic carbocycles. The predicted octanol–water partition coefficient (Wildman–Crippen LogP) is 1.38. The minimum Gasteiger partial charge on any atom is -0.481 e. The molecule has 0 radical (unpaired) electrons. The van der Waals surface area contributed by atoms with Crippen molar-refractivity contribution in [2.24, 2.45) is 0 Å². The number of aliphatic carboxylic acids is 1. The maximum atomic E-state index is 12.2. The molecule has 6 nitrogen and oxygen atoms in total. The zero-order valence-electron chi connectivity index (χ0n) is 12.2. The van der Waals surface area contributed by atoms with E-state index in [1.165, 1.54) is 12.1 Å². The highest BCUT2D eigenvalue weighted by Gasteiger charge is 2.18. The Labute approximate surface area is 124 Å². The first-order chi connectivity index (χ1) is 9.65. The van der Waals surface area contributed by atoms with Gasteiger partial charge in [0.1, 0.15) is 0 Å². The second kappa shape index (κ2) is 6.71. The van der Waals surface area contributed by atoms with E-state index in [9.17, 15) is 18.0 Å². The van der Waals surface area contributed by atoms with Crippen LogP contribution in [0.4, 0.5) is 0 Å². The Morgan fingerprint density at radius 3 is 2.43 bits per heavy atom. The van der Waals surface area contributed by atoms with Gasteiger partial charge in [-0.05, 0) is 31.0 Å². The number of hydrogen-bond donors (Lipinski definition) is 2. The molecule has 1 aromatic rings. The average molecular weight is 313 g/mol. The van der Waals surface area contributed by atoms with Gasteiger partial charge in [0.2, 0.25) is 0 Å². The fourth-order valence-corrected chi connectivity index (χ4v) is 2.49. The van der Waals surface area contributed by atoms with Gasteiger partial charge >= 0.3 is 5.97 Å². The van der Waals surface area contributed by atoms with Gasteiger partial charge in [-0.2, -0.15) is 0 Å². The SMILES string of the molecule is CCC(CC(=O)O)NC(=O)c1cc(S(C)(=O)=O)ccc1C. The van der Waals surface area contributed by atoms with Crippen LogP contribution in [0.5, 0.6) is 0 Å². The lowest BCUT2D eigenvalue weighted by Gasteiger charge is -2.16. The number of carbonyl (C=O) groups excluding carboxylic acids is 1. The van der Waals surface area contributed by atoms with Crippen molar-refractivity contribution < 1.29 is 23.1 Å². The van der Waals surface area contributed by atoms with Crippen molar-refractivity contribution in [3.63, 3.8) is 0 Å². The highest BCUT2D eigenvalue weighted by molar-refractivity contribution is 7.90. The molecule has 0 aliphatic rings. The van der Waals surface area contributed by atoms with Crippen LogP contribution in [-0.4, -0.2) is 37.7 Å². The normalized spacial score (nSPS) is 12.7. The van der Waals surface area contributed by atoms with Gasteiger partial charge in [0.15, 0.2) is 9.84 Å². The summed E-state index contributed by atoms with van der Waals surface area (Å²) in [5, 5.41) is 11.4. The van der Waals surface area contributed by atoms with Gasteiger partial charge in [0.25, 0.3) is 5.91 Å². The number of carboxylic acids is 1. The van der Waals surface area contributed by atoms with Crippen molar-refractivity contribution in [1.29, 1.82) is 0 Å². The molecular weight excluding hydrogens is 294 g/mol. The third-order valence-corrected chi connectivity index (χ3v) is 4.24. The zero-order chi connectivity index (χ0) is 16.2. The highest BCUT2D eigenvalue weighted by atomic mass is 32.2. The van der Waals surface area contributed by atoms with Crippen LogP contribution < -0.4 is 5.32 Å². The summed E-state index contributed by atoms with van der Waals surface area (Å²) in [6, 6.07) is 3.82. The smallest absolute Gasteiger partial charge is 0.305 e. The molecule has 1 unspecified atom stereocenters. The first kappa shape index (κ1) is 17.2. The van der Waals surface area contributed by atoms with Crippen molar-refractivity contribution in [3.05, 3.63) is 29.3 Å². The molecule has 1 amide bonds. The first-order valence-corrected chi connectivity index (χ1v) is 8.37. The number of sulfone groups is 1. The summed E-state index contributed by atoms with van der Waals surface area (Å²) in [5.41, 5.74) is 0.867. The third-order valence-electron chi connectivity index (χ3n) is 3.13. The molecule has 2 N–H and O–H groups in total. The van der Waals surface area contributed by atoms with E-state index in [2.05, 4.69) is 5.32 Å². The summed E-state index contributed by atoms with van der Waals surface area (Å²) in [7, 11) is -3.40. The summed E-state index contributed by atoms with van der Waals surface area (Å²) >= 11 is 0. The van der Waals surface area contributed by atoms with Crippen molar-refractivity contribution in [2.75, 3.05) is 6.26 Å². The number of aryl methyl sites for hydroxylation is 1. The summed E-state index contributed by atoms with van der Waals surface area (Å²) in [6.45, 7) is 3.47. The molecule has 0 heterocycles. The van der Waals surface area contributed by atoms with Gasteiger partial charge in [0.05, 0.1) is 11.3 Å². The van der Waals surface area contributed by atoms with Crippen molar-refractivity contribution in [3.8, 4) is 0 Å². The first-order valence-electron chi connectivity index (χ1n) is 6.48. The Kier molecular flexibility index (Phi) is 5.48. The van der Waals surface area contributed by atoms with Gasteiger partial charge in [-0.25, -0.2) is 8.42 Å². The van der Waals surface area contributed by atoms with Gasteiger partial charge < -0.3 is 10.4 Å². The molecule has 1 atom stereocenters. The van der Waals surface area contributed by atoms with Crippen LogP contribution in [0.2, 0.25) is 0 Å². The van der Waals surface area contributed by atoms with Crippen molar-refractivity contribution in [1.82, 2.24) is 5.32 Å². The second-order valence-electron chi connectivity index (χ2n) is 4.93. The molecule has 0 saturated carbocycles. The largest absolute Gasteiger partial charge is 0.481 e. The number of amides is 1. The summed E-state index contributed by atoms with van der Waals surface area (Å²) in [5.74, 6) is -1.46. The fraction of sp³-hybridized carbons (Fsp3) is 0.429. The summed E-state index contributed by atoms with van der Waals surface area (Å²) in [6.07, 6.45) is 1.37. The zero-order valence-corrected chi connectivity index (χ0v) is 13.0. The van der Waals surface area contributed by atoms with E-state index in [1.807, 2.05) is 0 Å². The number of hydrogen-bond acceptors (Lipinski definition) is 4. The van der Waals surface area contributed by atoms with Gasteiger partial charge in [-0.1, -0.05) is 13.0 Å². The Morgan fingerprint density at radius 2 is 1.95 bits per heavy atom. The number of nitrogens with one attached hydrogen (secondary N) is 1. The molecule has 0 aliphatic carbocycles. The van der Waals surface area contributed by atoms with Crippen molar-refractivity contribution >= 4 is 21.7 Å². The van der Waals surface area contributed by atoms with Crippen LogP contribution in [0, 0.1) is 6.92 Å². The molecule has 21 heavy (non-hydrogen) atoms. The van der Waals surface area contributed by atoms with Gasteiger partial charge in [0, 0.05) is 17.9 Å². The Morgan fingerprint density at radius 1 is 1.33 bits per heavy atom. The number of rotatable bonds is 6. The van der Waals surface area contributed by atoms with E-state index in [1.54, 1.807) is 19.9 Å². The van der Waals surface area contributed by atoms with Crippen LogP contribution in [0.15, 0.2) is 23.1 Å². The van der Waals surface area contributed by atoms with E-state index < -0.39 is 27.8 Å². The maximum absolute atomic E-state index is 12.2. The molecule has 0 aliphatic heterocycles. The number of carboxylic acid groups (broad SMARTS) is 1. The maximum Gasteiger partial charge on any atom is 0.305 e. The standard InChI is InChI=1S/C14H19NO5S/c1-4-10(7-13(16)17)15-14(18)12-8-11(21(3,19)20)6-5-9(12)2/h5-6,8,10H,4,7H2,1-3H3,(H,15,18)(H,16,17). The fourth-order valence-electron chi connectivity index (χ4n) is 1.85. The highest BCUT2D eigenvalue weighted by Crippen LogP contribution is 2.16. The Balaban J connectivity index is 3.04. The summed E-state index contributed by atoms with van der Waals surface area (Å²) < 4.78 is 23.1. The lowest BCUT2D eigenvalue weighted by Crippen LogP contribution is -2.36. The monoisotopic (exact) mass is 313 g/mol.